The molecular formula is C13H17N3O3. The van der Waals surface area contributed by atoms with Crippen molar-refractivity contribution in [3.63, 3.8) is 0 Å². The molecule has 6 heteroatoms. The second-order valence-corrected chi connectivity index (χ2v) is 4.25. The summed E-state index contributed by atoms with van der Waals surface area (Å²) in [5, 5.41) is 10.7. The summed E-state index contributed by atoms with van der Waals surface area (Å²) in [6.45, 7) is 3.81. The molecule has 102 valence electrons. The van der Waals surface area contributed by atoms with E-state index in [2.05, 4.69) is 6.58 Å². The highest BCUT2D eigenvalue weighted by molar-refractivity contribution is 5.81. The molecule has 1 aromatic rings. The van der Waals surface area contributed by atoms with Crippen LogP contribution in [0.3, 0.4) is 0 Å². The summed E-state index contributed by atoms with van der Waals surface area (Å²) in [6.07, 6.45) is 1.99. The maximum absolute atomic E-state index is 11.9. The van der Waals surface area contributed by atoms with Crippen molar-refractivity contribution >= 4 is 11.6 Å². The van der Waals surface area contributed by atoms with Crippen molar-refractivity contribution in [2.75, 3.05) is 7.05 Å². The Morgan fingerprint density at radius 3 is 2.89 bits per heavy atom. The minimum Gasteiger partial charge on any atom is -0.340 e. The van der Waals surface area contributed by atoms with E-state index < -0.39 is 11.0 Å². The lowest BCUT2D eigenvalue weighted by Gasteiger charge is -2.20. The summed E-state index contributed by atoms with van der Waals surface area (Å²) in [7, 11) is 1.62. The number of carbonyl (C=O) groups is 1. The summed E-state index contributed by atoms with van der Waals surface area (Å²) in [6, 6.07) is 5.56. The van der Waals surface area contributed by atoms with Gasteiger partial charge in [0.15, 0.2) is 0 Å². The molecule has 0 aliphatic heterocycles. The molecule has 0 aliphatic carbocycles. The van der Waals surface area contributed by atoms with E-state index in [-0.39, 0.29) is 18.1 Å². The fraction of sp³-hybridized carbons (Fsp3) is 0.308. The van der Waals surface area contributed by atoms with Gasteiger partial charge in [0.05, 0.1) is 11.0 Å². The van der Waals surface area contributed by atoms with Gasteiger partial charge in [-0.3, -0.25) is 14.9 Å². The van der Waals surface area contributed by atoms with Crippen LogP contribution in [0.1, 0.15) is 12.0 Å². The van der Waals surface area contributed by atoms with Gasteiger partial charge in [-0.15, -0.1) is 6.58 Å². The Bertz CT molecular complexity index is 488. The van der Waals surface area contributed by atoms with Gasteiger partial charge >= 0.3 is 0 Å². The number of carbonyl (C=O) groups excluding carboxylic acids is 1. The number of rotatable bonds is 6. The Morgan fingerprint density at radius 2 is 2.32 bits per heavy atom. The van der Waals surface area contributed by atoms with Crippen LogP contribution < -0.4 is 5.73 Å². The van der Waals surface area contributed by atoms with E-state index in [4.69, 9.17) is 5.73 Å². The quantitative estimate of drug-likeness (QED) is 0.478. The van der Waals surface area contributed by atoms with Crippen molar-refractivity contribution in [2.24, 2.45) is 5.73 Å². The highest BCUT2D eigenvalue weighted by atomic mass is 16.6. The average molecular weight is 263 g/mol. The van der Waals surface area contributed by atoms with Crippen LogP contribution in [0.2, 0.25) is 0 Å². The Balaban J connectivity index is 2.73. The van der Waals surface area contributed by atoms with Crippen LogP contribution in [-0.2, 0) is 11.3 Å². The fourth-order valence-electron chi connectivity index (χ4n) is 1.68. The van der Waals surface area contributed by atoms with E-state index in [1.165, 1.54) is 17.0 Å². The Morgan fingerprint density at radius 1 is 1.63 bits per heavy atom. The number of nitrogens with two attached hydrogens (primary N) is 1. The second kappa shape index (κ2) is 6.65. The third-order valence-corrected chi connectivity index (χ3v) is 2.66. The maximum atomic E-state index is 11.9. The first-order valence-electron chi connectivity index (χ1n) is 5.80. The molecule has 0 bridgehead atoms. The predicted molar refractivity (Wildman–Crippen MR) is 72.4 cm³/mol. The van der Waals surface area contributed by atoms with Gasteiger partial charge in [-0.1, -0.05) is 18.2 Å². The number of nitro groups is 1. The van der Waals surface area contributed by atoms with Crippen molar-refractivity contribution < 1.29 is 9.72 Å². The standard InChI is InChI=1S/C13H17N3O3/c1-3-5-12(14)13(17)15(2)9-10-6-4-7-11(8-10)16(18)19/h3-4,6-8,12H,1,5,9,14H2,2H3. The maximum Gasteiger partial charge on any atom is 0.269 e. The smallest absolute Gasteiger partial charge is 0.269 e. The van der Waals surface area contributed by atoms with Crippen molar-refractivity contribution in [3.8, 4) is 0 Å². The number of benzene rings is 1. The first kappa shape index (κ1) is 14.8. The first-order chi connectivity index (χ1) is 8.95. The van der Waals surface area contributed by atoms with Gasteiger partial charge in [-0.25, -0.2) is 0 Å². The van der Waals surface area contributed by atoms with Crippen LogP contribution in [0.4, 0.5) is 5.69 Å². The molecule has 0 aromatic heterocycles. The Hall–Kier alpha value is -2.21. The molecule has 0 fully saturated rings. The van der Waals surface area contributed by atoms with Crippen molar-refractivity contribution in [2.45, 2.75) is 19.0 Å². The number of nitrogens with zero attached hydrogens (tertiary/aromatic N) is 2. The molecule has 1 unspecified atom stereocenters. The third-order valence-electron chi connectivity index (χ3n) is 2.66. The SMILES string of the molecule is C=CCC(N)C(=O)N(C)Cc1cccc([N+](=O)[O-])c1. The van der Waals surface area contributed by atoms with Crippen LogP contribution in [-0.4, -0.2) is 28.8 Å². The van der Waals surface area contributed by atoms with E-state index in [9.17, 15) is 14.9 Å². The molecule has 0 aliphatic rings. The third kappa shape index (κ3) is 4.18. The summed E-state index contributed by atoms with van der Waals surface area (Å²) < 4.78 is 0. The van der Waals surface area contributed by atoms with E-state index >= 15 is 0 Å². The molecule has 1 amide bonds. The fourth-order valence-corrected chi connectivity index (χ4v) is 1.68. The zero-order chi connectivity index (χ0) is 14.4. The molecule has 1 aromatic carbocycles. The van der Waals surface area contributed by atoms with Crippen molar-refractivity contribution in [1.29, 1.82) is 0 Å². The minimum absolute atomic E-state index is 0.00809. The van der Waals surface area contributed by atoms with E-state index in [0.29, 0.717) is 12.0 Å². The summed E-state index contributed by atoms with van der Waals surface area (Å²) in [5.74, 6) is -0.216. The van der Waals surface area contributed by atoms with E-state index in [0.717, 1.165) is 0 Å². The molecule has 0 radical (unpaired) electrons. The largest absolute Gasteiger partial charge is 0.340 e. The first-order valence-corrected chi connectivity index (χ1v) is 5.80. The number of non-ortho nitro benzene ring substituents is 1. The van der Waals surface area contributed by atoms with Crippen molar-refractivity contribution in [3.05, 3.63) is 52.6 Å². The lowest BCUT2D eigenvalue weighted by atomic mass is 10.1. The number of nitro benzene ring substituents is 1. The topological polar surface area (TPSA) is 89.5 Å². The molecular weight excluding hydrogens is 246 g/mol. The zero-order valence-corrected chi connectivity index (χ0v) is 10.8. The Kier molecular flexibility index (Phi) is 5.20. The van der Waals surface area contributed by atoms with E-state index in [1.54, 1.807) is 25.3 Å². The van der Waals surface area contributed by atoms with Crippen LogP contribution in [0.5, 0.6) is 0 Å². The molecule has 0 saturated heterocycles. The van der Waals surface area contributed by atoms with Gasteiger partial charge in [0.25, 0.3) is 5.69 Å². The van der Waals surface area contributed by atoms with Gasteiger partial charge in [-0.2, -0.15) is 0 Å². The second-order valence-electron chi connectivity index (χ2n) is 4.25. The highest BCUT2D eigenvalue weighted by Crippen LogP contribution is 2.14. The van der Waals surface area contributed by atoms with Crippen LogP contribution in [0.15, 0.2) is 36.9 Å². The number of amides is 1. The molecule has 0 saturated carbocycles. The Labute approximate surface area is 111 Å². The molecule has 1 rings (SSSR count). The molecule has 2 N–H and O–H groups in total. The molecule has 0 heterocycles. The summed E-state index contributed by atoms with van der Waals surface area (Å²) in [4.78, 5) is 23.5. The van der Waals surface area contributed by atoms with Crippen LogP contribution in [0, 0.1) is 10.1 Å². The van der Waals surface area contributed by atoms with Gasteiger partial charge in [-0.05, 0) is 12.0 Å². The normalized spacial score (nSPS) is 11.7. The average Bonchev–Trinajstić information content (AvgIpc) is 2.38. The number of hydrogen-bond acceptors (Lipinski definition) is 4. The molecule has 1 atom stereocenters. The predicted octanol–water partition coefficient (Wildman–Crippen LogP) is 1.46. The van der Waals surface area contributed by atoms with Crippen LogP contribution >= 0.6 is 0 Å². The lowest BCUT2D eigenvalue weighted by Crippen LogP contribution is -2.41. The number of hydrogen-bond donors (Lipinski definition) is 1. The molecule has 19 heavy (non-hydrogen) atoms. The van der Waals surface area contributed by atoms with Crippen molar-refractivity contribution in [1.82, 2.24) is 4.90 Å². The number of likely N-dealkylation sites (N-methyl/N-ethyl adjacent to an activating group) is 1. The highest BCUT2D eigenvalue weighted by Gasteiger charge is 2.17. The van der Waals surface area contributed by atoms with Gasteiger partial charge < -0.3 is 10.6 Å². The lowest BCUT2D eigenvalue weighted by molar-refractivity contribution is -0.384. The summed E-state index contributed by atoms with van der Waals surface area (Å²) >= 11 is 0. The van der Waals surface area contributed by atoms with Gasteiger partial charge in [0.2, 0.25) is 5.91 Å². The minimum atomic E-state index is -0.624. The molecule has 6 nitrogen and oxygen atoms in total. The van der Waals surface area contributed by atoms with E-state index in [1.807, 2.05) is 0 Å². The van der Waals surface area contributed by atoms with Crippen LogP contribution in [0.25, 0.3) is 0 Å². The van der Waals surface area contributed by atoms with Gasteiger partial charge in [0.1, 0.15) is 0 Å². The molecule has 0 spiro atoms. The zero-order valence-electron chi connectivity index (χ0n) is 10.8. The summed E-state index contributed by atoms with van der Waals surface area (Å²) in [5.41, 5.74) is 6.39. The van der Waals surface area contributed by atoms with Gasteiger partial charge in [0, 0.05) is 25.7 Å². The monoisotopic (exact) mass is 263 g/mol.